The van der Waals surface area contributed by atoms with Crippen molar-refractivity contribution in [1.82, 2.24) is 4.98 Å². The first kappa shape index (κ1) is 23.3. The van der Waals surface area contributed by atoms with Crippen LogP contribution in [0.1, 0.15) is 5.69 Å². The van der Waals surface area contributed by atoms with Gasteiger partial charge in [0, 0.05) is 6.20 Å². The van der Waals surface area contributed by atoms with Gasteiger partial charge in [-0.05, 0) is 48.5 Å². The Morgan fingerprint density at radius 3 is 2.31 bits per heavy atom. The number of hydrogen-bond acceptors (Lipinski definition) is 5. The Labute approximate surface area is 182 Å². The third-order valence-electron chi connectivity index (χ3n) is 4.21. The number of anilines is 1. The average Bonchev–Trinajstić information content (AvgIpc) is 2.73. The molecule has 0 fully saturated rings. The Kier molecular flexibility index (Phi) is 6.87. The summed E-state index contributed by atoms with van der Waals surface area (Å²) in [4.78, 5) is 3.99. The number of halogens is 4. The molecule has 11 heteroatoms. The van der Waals surface area contributed by atoms with Gasteiger partial charge in [0.15, 0.2) is 17.3 Å². The fourth-order valence-corrected chi connectivity index (χ4v) is 4.16. The molecule has 0 aliphatic heterocycles. The minimum Gasteiger partial charge on any atom is -0.493 e. The van der Waals surface area contributed by atoms with Crippen molar-refractivity contribution in [3.8, 4) is 17.2 Å². The number of para-hydroxylation sites is 1. The van der Waals surface area contributed by atoms with Crippen LogP contribution in [-0.2, 0) is 16.6 Å². The lowest BCUT2D eigenvalue weighted by Gasteiger charge is -2.25. The predicted octanol–water partition coefficient (Wildman–Crippen LogP) is 4.92. The number of ether oxygens (including phenoxy) is 2. The summed E-state index contributed by atoms with van der Waals surface area (Å²) < 4.78 is 89.0. The van der Waals surface area contributed by atoms with Crippen LogP contribution in [0.5, 0.6) is 17.2 Å². The monoisotopic (exact) mass is 470 g/mol. The Morgan fingerprint density at radius 1 is 1.00 bits per heavy atom. The molecule has 0 saturated heterocycles. The van der Waals surface area contributed by atoms with Crippen LogP contribution in [0.15, 0.2) is 66.9 Å². The van der Waals surface area contributed by atoms with Gasteiger partial charge in [-0.15, -0.1) is 0 Å². The van der Waals surface area contributed by atoms with Crippen molar-refractivity contribution in [2.24, 2.45) is 0 Å². The Hall–Kier alpha value is -3.34. The lowest BCUT2D eigenvalue weighted by molar-refractivity contribution is -0.106. The Morgan fingerprint density at radius 2 is 1.72 bits per heavy atom. The molecule has 0 N–H and O–H groups in total. The minimum atomic E-state index is -4.92. The van der Waals surface area contributed by atoms with Crippen molar-refractivity contribution in [2.45, 2.75) is 12.7 Å². The maximum atomic E-state index is 14.1. The van der Waals surface area contributed by atoms with Crippen LogP contribution in [0.4, 0.5) is 23.2 Å². The molecule has 0 unspecified atom stereocenters. The molecule has 6 nitrogen and oxygen atoms in total. The molecule has 0 bridgehead atoms. The third-order valence-corrected chi connectivity index (χ3v) is 5.91. The van der Waals surface area contributed by atoms with Crippen molar-refractivity contribution >= 4 is 15.7 Å². The summed E-state index contributed by atoms with van der Waals surface area (Å²) in [6.45, 7) is -0.402. The fourth-order valence-electron chi connectivity index (χ4n) is 2.82. The first-order valence-corrected chi connectivity index (χ1v) is 10.8. The van der Waals surface area contributed by atoms with E-state index in [0.29, 0.717) is 4.31 Å². The number of aromatic nitrogens is 1. The van der Waals surface area contributed by atoms with E-state index in [4.69, 9.17) is 9.47 Å². The standard InChI is InChI=1S/C21H18F4N2O4S/c1-30-19-7-4-6-18(22)20(19)31-17-10-8-16(9-11-17)27(13-15-5-2-3-12-26-15)32(28,29)14-21(23,24)25/h2-12H,13-14H2,1H3. The largest absolute Gasteiger partial charge is 0.493 e. The first-order valence-electron chi connectivity index (χ1n) is 9.16. The number of pyridine rings is 1. The van der Waals surface area contributed by atoms with Crippen molar-refractivity contribution in [3.63, 3.8) is 0 Å². The maximum absolute atomic E-state index is 14.1. The molecule has 1 heterocycles. The summed E-state index contributed by atoms with van der Waals surface area (Å²) in [6, 6.07) is 13.9. The zero-order valence-electron chi connectivity index (χ0n) is 16.7. The fraction of sp³-hybridized carbons (Fsp3) is 0.190. The summed E-state index contributed by atoms with van der Waals surface area (Å²) >= 11 is 0. The molecular formula is C21H18F4N2O4S. The molecule has 0 atom stereocenters. The number of nitrogens with zero attached hydrogens (tertiary/aromatic N) is 2. The van der Waals surface area contributed by atoms with Crippen LogP contribution in [-0.4, -0.2) is 32.4 Å². The number of alkyl halides is 3. The smallest absolute Gasteiger partial charge is 0.404 e. The molecule has 32 heavy (non-hydrogen) atoms. The van der Waals surface area contributed by atoms with Gasteiger partial charge in [0.2, 0.25) is 15.8 Å². The van der Waals surface area contributed by atoms with Gasteiger partial charge in [0.05, 0.1) is 25.0 Å². The van der Waals surface area contributed by atoms with Gasteiger partial charge in [-0.2, -0.15) is 13.2 Å². The van der Waals surface area contributed by atoms with Crippen LogP contribution in [0.2, 0.25) is 0 Å². The van der Waals surface area contributed by atoms with Crippen molar-refractivity contribution in [2.75, 3.05) is 17.2 Å². The third kappa shape index (κ3) is 5.88. The highest BCUT2D eigenvalue weighted by molar-refractivity contribution is 7.92. The van der Waals surface area contributed by atoms with E-state index < -0.39 is 34.3 Å². The number of rotatable bonds is 8. The summed E-state index contributed by atoms with van der Waals surface area (Å²) in [5, 5.41) is 0. The van der Waals surface area contributed by atoms with Crippen LogP contribution in [0.3, 0.4) is 0 Å². The number of methoxy groups -OCH3 is 1. The number of hydrogen-bond donors (Lipinski definition) is 0. The first-order chi connectivity index (χ1) is 15.1. The topological polar surface area (TPSA) is 68.7 Å². The summed E-state index contributed by atoms with van der Waals surface area (Å²) in [7, 11) is -3.43. The van der Waals surface area contributed by atoms with Gasteiger partial charge < -0.3 is 9.47 Å². The van der Waals surface area contributed by atoms with Gasteiger partial charge in [-0.1, -0.05) is 12.1 Å². The second-order valence-electron chi connectivity index (χ2n) is 6.57. The van der Waals surface area contributed by atoms with Crippen LogP contribution in [0, 0.1) is 5.82 Å². The molecule has 3 rings (SSSR count). The minimum absolute atomic E-state index is 0.0345. The van der Waals surface area contributed by atoms with E-state index in [2.05, 4.69) is 4.98 Å². The van der Waals surface area contributed by atoms with E-state index in [-0.39, 0.29) is 28.6 Å². The molecule has 0 radical (unpaired) electrons. The van der Waals surface area contributed by atoms with Gasteiger partial charge in [0.1, 0.15) is 5.75 Å². The molecule has 0 saturated carbocycles. The normalized spacial score (nSPS) is 11.8. The molecule has 170 valence electrons. The zero-order chi connectivity index (χ0) is 23.4. The Bertz CT molecular complexity index is 1150. The lowest BCUT2D eigenvalue weighted by atomic mass is 10.2. The summed E-state index contributed by atoms with van der Waals surface area (Å²) in [5.74, 6) is -2.63. The van der Waals surface area contributed by atoms with E-state index >= 15 is 0 Å². The molecule has 0 aliphatic rings. The van der Waals surface area contributed by atoms with Crippen LogP contribution >= 0.6 is 0 Å². The number of sulfonamides is 1. The molecule has 0 aliphatic carbocycles. The molecular weight excluding hydrogens is 452 g/mol. The number of benzene rings is 2. The highest BCUT2D eigenvalue weighted by Gasteiger charge is 2.38. The van der Waals surface area contributed by atoms with Gasteiger partial charge in [-0.3, -0.25) is 9.29 Å². The predicted molar refractivity (Wildman–Crippen MR) is 110 cm³/mol. The Balaban J connectivity index is 1.92. The van der Waals surface area contributed by atoms with Crippen molar-refractivity contribution in [1.29, 1.82) is 0 Å². The zero-order valence-corrected chi connectivity index (χ0v) is 17.5. The highest BCUT2D eigenvalue weighted by Crippen LogP contribution is 2.35. The quantitative estimate of drug-likeness (QED) is 0.437. The van der Waals surface area contributed by atoms with Crippen LogP contribution < -0.4 is 13.8 Å². The molecule has 0 amide bonds. The molecule has 3 aromatic rings. The van der Waals surface area contributed by atoms with E-state index in [0.717, 1.165) is 0 Å². The average molecular weight is 470 g/mol. The van der Waals surface area contributed by atoms with Gasteiger partial charge >= 0.3 is 6.18 Å². The van der Waals surface area contributed by atoms with Crippen molar-refractivity contribution in [3.05, 3.63) is 78.4 Å². The van der Waals surface area contributed by atoms with Gasteiger partial charge in [-0.25, -0.2) is 12.8 Å². The summed E-state index contributed by atoms with van der Waals surface area (Å²) in [5.41, 5.74) is 0.224. The van der Waals surface area contributed by atoms with E-state index in [1.807, 2.05) is 0 Å². The molecule has 0 spiro atoms. The second-order valence-corrected chi connectivity index (χ2v) is 8.46. The van der Waals surface area contributed by atoms with Crippen LogP contribution in [0.25, 0.3) is 0 Å². The summed E-state index contributed by atoms with van der Waals surface area (Å²) in [6.07, 6.45) is -3.52. The highest BCUT2D eigenvalue weighted by atomic mass is 32.2. The van der Waals surface area contributed by atoms with E-state index in [1.54, 1.807) is 12.1 Å². The van der Waals surface area contributed by atoms with Gasteiger partial charge in [0.25, 0.3) is 0 Å². The van der Waals surface area contributed by atoms with Crippen molar-refractivity contribution < 1.29 is 35.5 Å². The SMILES string of the molecule is COc1cccc(F)c1Oc1ccc(N(Cc2ccccn2)S(=O)(=O)CC(F)(F)F)cc1. The molecule has 1 aromatic heterocycles. The molecule has 2 aromatic carbocycles. The maximum Gasteiger partial charge on any atom is 0.404 e. The lowest BCUT2D eigenvalue weighted by Crippen LogP contribution is -2.37. The second kappa shape index (κ2) is 9.43. The van der Waals surface area contributed by atoms with E-state index in [1.165, 1.54) is 61.8 Å². The van der Waals surface area contributed by atoms with E-state index in [9.17, 15) is 26.0 Å².